The van der Waals surface area contributed by atoms with Gasteiger partial charge in [-0.3, -0.25) is 0 Å². The molecule has 0 spiro atoms. The van der Waals surface area contributed by atoms with Gasteiger partial charge in [-0.1, -0.05) is 0 Å². The average molecular weight is 329 g/mol. The molecule has 0 N–H and O–H groups in total. The van der Waals surface area contributed by atoms with Gasteiger partial charge < -0.3 is 14.2 Å². The predicted octanol–water partition coefficient (Wildman–Crippen LogP) is 2.72. The first kappa shape index (κ1) is 16.8. The maximum absolute atomic E-state index is 11.4. The zero-order chi connectivity index (χ0) is 15.2. The van der Waals surface area contributed by atoms with Crippen LogP contribution in [0.2, 0.25) is 0 Å². The van der Waals surface area contributed by atoms with Crippen LogP contribution in [0, 0.1) is 0 Å². The zero-order valence-electron chi connectivity index (χ0n) is 12.4. The number of carbonyl (C=O) groups is 1. The number of ether oxygens (including phenoxy) is 1. The Bertz CT molecular complexity index is 469. The molecule has 1 aliphatic rings. The minimum Gasteiger partial charge on any atom is -0.465 e. The second kappa shape index (κ2) is 8.18. The predicted molar refractivity (Wildman–Crippen MR) is 86.1 cm³/mol. The molecule has 0 aromatic carbocycles. The van der Waals surface area contributed by atoms with Gasteiger partial charge in [-0.2, -0.15) is 0 Å². The number of nitrogens with zero attached hydrogens (tertiary/aromatic N) is 1. The van der Waals surface area contributed by atoms with Gasteiger partial charge in [-0.05, 0) is 44.4 Å². The van der Waals surface area contributed by atoms with E-state index in [0.717, 1.165) is 32.2 Å². The molecule has 1 aromatic rings. The molecule has 1 radical (unpaired) electrons. The van der Waals surface area contributed by atoms with Gasteiger partial charge in [0.15, 0.2) is 0 Å². The first-order valence-corrected chi connectivity index (χ1v) is 8.34. The van der Waals surface area contributed by atoms with Crippen LogP contribution in [0.5, 0.6) is 0 Å². The molecule has 2 atom stereocenters. The number of aryl methyl sites for hydroxylation is 1. The molecule has 7 heteroatoms. The molecule has 1 aromatic heterocycles. The van der Waals surface area contributed by atoms with Crippen molar-refractivity contribution in [2.24, 2.45) is 0 Å². The Labute approximate surface area is 135 Å². The Morgan fingerprint density at radius 3 is 3.05 bits per heavy atom. The highest BCUT2D eigenvalue weighted by Crippen LogP contribution is 2.27. The molecule has 21 heavy (non-hydrogen) atoms. The molecule has 0 aliphatic carbocycles. The Morgan fingerprint density at radius 2 is 2.33 bits per heavy atom. The van der Waals surface area contributed by atoms with Crippen LogP contribution >= 0.6 is 22.9 Å². The van der Waals surface area contributed by atoms with Crippen molar-refractivity contribution < 1.29 is 14.2 Å². The van der Waals surface area contributed by atoms with Crippen molar-refractivity contribution in [2.45, 2.75) is 37.1 Å². The third kappa shape index (κ3) is 4.46. The Balaban J connectivity index is 1.80. The molecule has 2 unspecified atom stereocenters. The van der Waals surface area contributed by atoms with Crippen LogP contribution in [0.4, 0.5) is 0 Å². The van der Waals surface area contributed by atoms with Crippen LogP contribution in [0.3, 0.4) is 0 Å². The van der Waals surface area contributed by atoms with Gasteiger partial charge >= 0.3 is 13.6 Å². The minimum atomic E-state index is -0.260. The van der Waals surface area contributed by atoms with E-state index in [9.17, 15) is 4.79 Å². The fourth-order valence-electron chi connectivity index (χ4n) is 2.66. The lowest BCUT2D eigenvalue weighted by molar-refractivity contribution is 0.0606. The maximum atomic E-state index is 11.4. The average Bonchev–Trinajstić information content (AvgIpc) is 3.08. The molecule has 115 valence electrons. The highest BCUT2D eigenvalue weighted by atomic mass is 35.5. The van der Waals surface area contributed by atoms with E-state index < -0.39 is 0 Å². The van der Waals surface area contributed by atoms with Gasteiger partial charge in [0.2, 0.25) is 0 Å². The SMILES string of the molecule is CO[B]N1CCC(Cl)C1CCCc1ccc(C(=O)OC)s1. The molecule has 0 amide bonds. The van der Waals surface area contributed by atoms with E-state index in [1.807, 2.05) is 12.1 Å². The molecule has 1 aliphatic heterocycles. The van der Waals surface area contributed by atoms with E-state index in [1.165, 1.54) is 23.3 Å². The van der Waals surface area contributed by atoms with Crippen molar-refractivity contribution >= 4 is 36.5 Å². The van der Waals surface area contributed by atoms with Crippen molar-refractivity contribution in [1.82, 2.24) is 4.81 Å². The molecular formula is C14H20BClNO3S. The summed E-state index contributed by atoms with van der Waals surface area (Å²) in [4.78, 5) is 15.5. The fourth-order valence-corrected chi connectivity index (χ4v) is 4.00. The number of carbonyl (C=O) groups excluding carboxylic acids is 1. The third-order valence-electron chi connectivity index (χ3n) is 3.72. The van der Waals surface area contributed by atoms with E-state index in [-0.39, 0.29) is 11.3 Å². The van der Waals surface area contributed by atoms with E-state index in [4.69, 9.17) is 21.0 Å². The monoisotopic (exact) mass is 328 g/mol. The summed E-state index contributed by atoms with van der Waals surface area (Å²) in [5.41, 5.74) is 0. The van der Waals surface area contributed by atoms with E-state index in [2.05, 4.69) is 4.81 Å². The maximum Gasteiger partial charge on any atom is 0.398 e. The van der Waals surface area contributed by atoms with Crippen molar-refractivity contribution in [3.63, 3.8) is 0 Å². The molecule has 4 nitrogen and oxygen atoms in total. The third-order valence-corrected chi connectivity index (χ3v) is 5.35. The van der Waals surface area contributed by atoms with Gasteiger partial charge in [-0.25, -0.2) is 4.79 Å². The Morgan fingerprint density at radius 1 is 1.52 bits per heavy atom. The summed E-state index contributed by atoms with van der Waals surface area (Å²) >= 11 is 7.89. The van der Waals surface area contributed by atoms with E-state index in [0.29, 0.717) is 10.9 Å². The highest BCUT2D eigenvalue weighted by Gasteiger charge is 2.32. The highest BCUT2D eigenvalue weighted by molar-refractivity contribution is 7.13. The topological polar surface area (TPSA) is 38.8 Å². The lowest BCUT2D eigenvalue weighted by Gasteiger charge is -2.24. The fraction of sp³-hybridized carbons (Fsp3) is 0.643. The van der Waals surface area contributed by atoms with Crippen LogP contribution in [-0.2, 0) is 15.8 Å². The first-order valence-electron chi connectivity index (χ1n) is 7.08. The molecule has 1 saturated heterocycles. The second-order valence-electron chi connectivity index (χ2n) is 5.10. The molecule has 1 fully saturated rings. The van der Waals surface area contributed by atoms with Gasteiger partial charge in [0, 0.05) is 23.4 Å². The lowest BCUT2D eigenvalue weighted by atomic mass is 10.0. The quantitative estimate of drug-likeness (QED) is 0.438. The van der Waals surface area contributed by atoms with Crippen LogP contribution < -0.4 is 0 Å². The largest absolute Gasteiger partial charge is 0.465 e. The summed E-state index contributed by atoms with van der Waals surface area (Å²) in [6, 6.07) is 4.17. The Kier molecular flexibility index (Phi) is 6.54. The van der Waals surface area contributed by atoms with Gasteiger partial charge in [-0.15, -0.1) is 22.9 Å². The summed E-state index contributed by atoms with van der Waals surface area (Å²) in [5, 5.41) is 0.186. The first-order chi connectivity index (χ1) is 10.2. The number of hydrogen-bond donors (Lipinski definition) is 0. The van der Waals surface area contributed by atoms with Crippen LogP contribution in [0.15, 0.2) is 12.1 Å². The van der Waals surface area contributed by atoms with Crippen molar-refractivity contribution in [3.05, 3.63) is 21.9 Å². The molecule has 2 rings (SSSR count). The summed E-state index contributed by atoms with van der Waals surface area (Å²) in [7, 11) is 4.84. The number of methoxy groups -OCH3 is 1. The van der Waals surface area contributed by atoms with Crippen LogP contribution in [-0.4, -0.2) is 50.6 Å². The standard InChI is InChI=1S/C14H20BClNO3S/c1-19-14(18)13-7-6-10(21-13)4-3-5-12-11(16)8-9-17(12)15-20-2/h6-7,11-12H,3-5,8-9H2,1-2H3. The number of thiophene rings is 1. The number of hydrogen-bond acceptors (Lipinski definition) is 5. The molecule has 0 bridgehead atoms. The van der Waals surface area contributed by atoms with Gasteiger partial charge in [0.05, 0.1) is 7.11 Å². The molecular weight excluding hydrogens is 308 g/mol. The summed E-state index contributed by atoms with van der Waals surface area (Å²) in [6.07, 6.45) is 4.03. The number of esters is 1. The van der Waals surface area contributed by atoms with Crippen molar-refractivity contribution in [1.29, 1.82) is 0 Å². The summed E-state index contributed by atoms with van der Waals surface area (Å²) in [5.74, 6) is -0.260. The van der Waals surface area contributed by atoms with Crippen LogP contribution in [0.25, 0.3) is 0 Å². The minimum absolute atomic E-state index is 0.186. The number of rotatable bonds is 7. The summed E-state index contributed by atoms with van der Waals surface area (Å²) in [6.45, 7) is 0.957. The van der Waals surface area contributed by atoms with E-state index >= 15 is 0 Å². The Hall–Kier alpha value is -0.555. The van der Waals surface area contributed by atoms with Gasteiger partial charge in [0.1, 0.15) is 4.88 Å². The lowest BCUT2D eigenvalue weighted by Crippen LogP contribution is -2.37. The second-order valence-corrected chi connectivity index (χ2v) is 6.83. The zero-order valence-corrected chi connectivity index (χ0v) is 14.0. The smallest absolute Gasteiger partial charge is 0.398 e. The van der Waals surface area contributed by atoms with Crippen molar-refractivity contribution in [3.8, 4) is 0 Å². The summed E-state index contributed by atoms with van der Waals surface area (Å²) < 4.78 is 9.82. The molecule has 0 saturated carbocycles. The van der Waals surface area contributed by atoms with E-state index in [1.54, 1.807) is 14.7 Å². The van der Waals surface area contributed by atoms with Crippen LogP contribution in [0.1, 0.15) is 33.8 Å². The normalized spacial score (nSPS) is 22.4. The number of alkyl halides is 1. The molecule has 2 heterocycles. The van der Waals surface area contributed by atoms with Gasteiger partial charge in [0.25, 0.3) is 0 Å². The van der Waals surface area contributed by atoms with Crippen molar-refractivity contribution in [2.75, 3.05) is 20.8 Å². The number of halogens is 1.